The second-order valence-corrected chi connectivity index (χ2v) is 5.13. The lowest BCUT2D eigenvalue weighted by Crippen LogP contribution is -2.31. The Hall–Kier alpha value is -0.530. The fraction of sp³-hybridized carbons (Fsp3) is 0.571. The predicted octanol–water partition coefficient (Wildman–Crippen LogP) is 3.98. The number of hydrogen-bond donors (Lipinski definition) is 1. The summed E-state index contributed by atoms with van der Waals surface area (Å²) in [6.45, 7) is 0. The third-order valence-electron chi connectivity index (χ3n) is 3.66. The highest BCUT2D eigenvalue weighted by Crippen LogP contribution is 2.32. The molecule has 1 aromatic rings. The monoisotopic (exact) mass is 237 g/mol. The average Bonchev–Trinajstić information content (AvgIpc) is 2.53. The van der Waals surface area contributed by atoms with Gasteiger partial charge in [0.05, 0.1) is 0 Å². The van der Waals surface area contributed by atoms with Crippen molar-refractivity contribution >= 4 is 11.6 Å². The molecule has 0 bridgehead atoms. The van der Waals surface area contributed by atoms with Crippen molar-refractivity contribution in [2.75, 3.05) is 7.05 Å². The quantitative estimate of drug-likeness (QED) is 0.768. The fourth-order valence-electron chi connectivity index (χ4n) is 2.79. The van der Waals surface area contributed by atoms with Gasteiger partial charge in [0.1, 0.15) is 0 Å². The summed E-state index contributed by atoms with van der Waals surface area (Å²) < 4.78 is 0. The van der Waals surface area contributed by atoms with Gasteiger partial charge in [-0.15, -0.1) is 0 Å². The molecule has 2 rings (SSSR count). The van der Waals surface area contributed by atoms with Gasteiger partial charge in [0.2, 0.25) is 0 Å². The first-order valence-corrected chi connectivity index (χ1v) is 6.62. The molecule has 1 nitrogen and oxygen atoms in total. The van der Waals surface area contributed by atoms with E-state index in [1.54, 1.807) is 0 Å². The Morgan fingerprint density at radius 1 is 1.19 bits per heavy atom. The molecule has 1 aromatic carbocycles. The van der Waals surface area contributed by atoms with E-state index in [9.17, 15) is 0 Å². The van der Waals surface area contributed by atoms with Crippen molar-refractivity contribution in [3.8, 4) is 0 Å². The van der Waals surface area contributed by atoms with E-state index in [0.717, 1.165) is 5.02 Å². The topological polar surface area (TPSA) is 12.0 Å². The van der Waals surface area contributed by atoms with Gasteiger partial charge >= 0.3 is 0 Å². The van der Waals surface area contributed by atoms with Crippen molar-refractivity contribution in [1.29, 1.82) is 0 Å². The second-order valence-electron chi connectivity index (χ2n) is 4.69. The Bertz CT molecular complexity index is 337. The standard InChI is InChI=1S/C14H20ClN/c1-16-14-9-4-2-3-8-13(14)11-6-5-7-12(15)10-11/h5-7,10,13-14,16H,2-4,8-9H2,1H3. The summed E-state index contributed by atoms with van der Waals surface area (Å²) in [6, 6.07) is 8.97. The minimum absolute atomic E-state index is 0.612. The third kappa shape index (κ3) is 2.78. The molecule has 0 amide bonds. The van der Waals surface area contributed by atoms with Gasteiger partial charge in [-0.1, -0.05) is 43.0 Å². The molecule has 1 N–H and O–H groups in total. The summed E-state index contributed by atoms with van der Waals surface area (Å²) in [7, 11) is 2.08. The van der Waals surface area contributed by atoms with Crippen LogP contribution in [0.2, 0.25) is 5.02 Å². The normalized spacial score (nSPS) is 26.4. The maximum absolute atomic E-state index is 6.08. The van der Waals surface area contributed by atoms with Gasteiger partial charge in [-0.05, 0) is 43.5 Å². The van der Waals surface area contributed by atoms with Crippen LogP contribution >= 0.6 is 11.6 Å². The number of benzene rings is 1. The van der Waals surface area contributed by atoms with Crippen LogP contribution in [-0.4, -0.2) is 13.1 Å². The molecule has 1 fully saturated rings. The van der Waals surface area contributed by atoms with Crippen molar-refractivity contribution in [3.05, 3.63) is 34.9 Å². The Balaban J connectivity index is 2.21. The summed E-state index contributed by atoms with van der Waals surface area (Å²) >= 11 is 6.08. The van der Waals surface area contributed by atoms with Gasteiger partial charge < -0.3 is 5.32 Å². The second kappa shape index (κ2) is 5.70. The molecule has 1 aliphatic carbocycles. The molecular formula is C14H20ClN. The minimum Gasteiger partial charge on any atom is -0.316 e. The number of nitrogens with one attached hydrogen (secondary N) is 1. The van der Waals surface area contributed by atoms with Crippen LogP contribution in [0, 0.1) is 0 Å². The highest BCUT2D eigenvalue weighted by molar-refractivity contribution is 6.30. The van der Waals surface area contributed by atoms with Crippen molar-refractivity contribution < 1.29 is 0 Å². The van der Waals surface area contributed by atoms with Gasteiger partial charge in [0, 0.05) is 11.1 Å². The summed E-state index contributed by atoms with van der Waals surface area (Å²) in [4.78, 5) is 0. The molecule has 0 aromatic heterocycles. The minimum atomic E-state index is 0.612. The largest absolute Gasteiger partial charge is 0.316 e. The van der Waals surface area contributed by atoms with E-state index in [-0.39, 0.29) is 0 Å². The number of rotatable bonds is 2. The molecule has 16 heavy (non-hydrogen) atoms. The molecule has 0 radical (unpaired) electrons. The highest BCUT2D eigenvalue weighted by atomic mass is 35.5. The van der Waals surface area contributed by atoms with Crippen LogP contribution in [0.1, 0.15) is 43.6 Å². The first-order chi connectivity index (χ1) is 7.81. The molecule has 2 unspecified atom stereocenters. The van der Waals surface area contributed by atoms with Crippen LogP contribution < -0.4 is 5.32 Å². The molecule has 0 heterocycles. The number of hydrogen-bond acceptors (Lipinski definition) is 1. The van der Waals surface area contributed by atoms with Gasteiger partial charge in [0.15, 0.2) is 0 Å². The molecule has 2 atom stereocenters. The van der Waals surface area contributed by atoms with E-state index in [2.05, 4.69) is 30.6 Å². The van der Waals surface area contributed by atoms with Crippen LogP contribution in [-0.2, 0) is 0 Å². The molecule has 0 saturated heterocycles. The smallest absolute Gasteiger partial charge is 0.0408 e. The SMILES string of the molecule is CNC1CCCCCC1c1cccc(Cl)c1. The molecule has 0 spiro atoms. The van der Waals surface area contributed by atoms with Crippen molar-refractivity contribution in [1.82, 2.24) is 5.32 Å². The molecular weight excluding hydrogens is 218 g/mol. The third-order valence-corrected chi connectivity index (χ3v) is 3.90. The van der Waals surface area contributed by atoms with E-state index < -0.39 is 0 Å². The summed E-state index contributed by atoms with van der Waals surface area (Å²) in [5, 5.41) is 4.33. The van der Waals surface area contributed by atoms with Crippen LogP contribution in [0.3, 0.4) is 0 Å². The van der Waals surface area contributed by atoms with Gasteiger partial charge in [-0.25, -0.2) is 0 Å². The van der Waals surface area contributed by atoms with E-state index in [1.165, 1.54) is 37.7 Å². The Labute approximate surface area is 103 Å². The van der Waals surface area contributed by atoms with Gasteiger partial charge in [-0.2, -0.15) is 0 Å². The number of likely N-dealkylation sites (N-methyl/N-ethyl adjacent to an activating group) is 1. The Morgan fingerprint density at radius 2 is 2.00 bits per heavy atom. The molecule has 0 aliphatic heterocycles. The summed E-state index contributed by atoms with van der Waals surface area (Å²) in [5.74, 6) is 0.631. The van der Waals surface area contributed by atoms with E-state index in [0.29, 0.717) is 12.0 Å². The van der Waals surface area contributed by atoms with E-state index in [1.807, 2.05) is 6.07 Å². The summed E-state index contributed by atoms with van der Waals surface area (Å²) in [6.07, 6.45) is 6.63. The van der Waals surface area contributed by atoms with Crippen LogP contribution in [0.4, 0.5) is 0 Å². The Morgan fingerprint density at radius 3 is 2.75 bits per heavy atom. The van der Waals surface area contributed by atoms with E-state index in [4.69, 9.17) is 11.6 Å². The zero-order valence-corrected chi connectivity index (χ0v) is 10.6. The first kappa shape index (κ1) is 11.9. The molecule has 1 saturated carbocycles. The van der Waals surface area contributed by atoms with E-state index >= 15 is 0 Å². The highest BCUT2D eigenvalue weighted by Gasteiger charge is 2.23. The predicted molar refractivity (Wildman–Crippen MR) is 70.1 cm³/mol. The molecule has 88 valence electrons. The first-order valence-electron chi connectivity index (χ1n) is 6.24. The Kier molecular flexibility index (Phi) is 4.25. The van der Waals surface area contributed by atoms with Crippen LogP contribution in [0.25, 0.3) is 0 Å². The van der Waals surface area contributed by atoms with Crippen LogP contribution in [0.15, 0.2) is 24.3 Å². The lowest BCUT2D eigenvalue weighted by Gasteiger charge is -2.25. The lowest BCUT2D eigenvalue weighted by molar-refractivity contribution is 0.439. The van der Waals surface area contributed by atoms with Crippen molar-refractivity contribution in [2.45, 2.75) is 44.1 Å². The zero-order valence-electron chi connectivity index (χ0n) is 9.88. The fourth-order valence-corrected chi connectivity index (χ4v) is 2.99. The van der Waals surface area contributed by atoms with Gasteiger partial charge in [-0.3, -0.25) is 0 Å². The van der Waals surface area contributed by atoms with Crippen LogP contribution in [0.5, 0.6) is 0 Å². The maximum atomic E-state index is 6.08. The molecule has 1 aliphatic rings. The summed E-state index contributed by atoms with van der Waals surface area (Å²) in [5.41, 5.74) is 1.40. The average molecular weight is 238 g/mol. The zero-order chi connectivity index (χ0) is 11.4. The van der Waals surface area contributed by atoms with Crippen molar-refractivity contribution in [2.24, 2.45) is 0 Å². The number of halogens is 1. The van der Waals surface area contributed by atoms with Gasteiger partial charge in [0.25, 0.3) is 0 Å². The van der Waals surface area contributed by atoms with Crippen molar-refractivity contribution in [3.63, 3.8) is 0 Å². The molecule has 2 heteroatoms. The maximum Gasteiger partial charge on any atom is 0.0408 e. The lowest BCUT2D eigenvalue weighted by atomic mass is 9.88.